The van der Waals surface area contributed by atoms with E-state index < -0.39 is 74.9 Å². The molecule has 0 bridgehead atoms. The van der Waals surface area contributed by atoms with Crippen LogP contribution >= 0.6 is 0 Å². The van der Waals surface area contributed by atoms with Crippen molar-refractivity contribution in [2.75, 3.05) is 43.3 Å². The van der Waals surface area contributed by atoms with E-state index in [1.54, 1.807) is 35.5 Å². The van der Waals surface area contributed by atoms with E-state index in [0.29, 0.717) is 37.2 Å². The Balaban J connectivity index is 0.000000211. The van der Waals surface area contributed by atoms with Gasteiger partial charge in [0.25, 0.3) is 11.8 Å². The van der Waals surface area contributed by atoms with Crippen LogP contribution in [0, 0.1) is 58.1 Å². The zero-order chi connectivity index (χ0) is 57.2. The number of nitrogen functional groups attached to an aromatic ring is 1. The Bertz CT molecular complexity index is 3300. The number of carbonyl (C=O) groups excluding carboxylic acids is 2. The van der Waals surface area contributed by atoms with Gasteiger partial charge in [0, 0.05) is 56.0 Å². The topological polar surface area (TPSA) is 270 Å². The number of rotatable bonds is 16. The third kappa shape index (κ3) is 13.2. The first kappa shape index (κ1) is 57.8. The van der Waals surface area contributed by atoms with Gasteiger partial charge in [0.15, 0.2) is 11.5 Å². The highest BCUT2D eigenvalue weighted by Gasteiger charge is 2.38. The van der Waals surface area contributed by atoms with Crippen molar-refractivity contribution in [2.45, 2.75) is 82.0 Å². The zero-order valence-electron chi connectivity index (χ0n) is 43.6. The molecule has 24 heteroatoms. The van der Waals surface area contributed by atoms with Crippen molar-refractivity contribution >= 4 is 28.9 Å². The van der Waals surface area contributed by atoms with Crippen LogP contribution in [0.2, 0.25) is 0 Å². The van der Waals surface area contributed by atoms with Gasteiger partial charge in [-0.15, -0.1) is 5.10 Å². The maximum absolute atomic E-state index is 14.9. The standard InChI is InChI=1S/C29H30F3N7O3.C27H27F3N6O2/c1-16-11-17(12-23(33)28(16)39-8-7-35-38-39)19-5-6-34-15-25(19)37-29(40)24-4-3-20(30)27(36-24)26-21(31)13-18(14-22(26)32)42-10-9-41-2;1-14-10-15(11-21(33)26(14)38-9-3-7-31)16-6-8-34-13-22(16)35-27(37)25-20(32)12-19(30)24(36-25)23-17(28)4-2-5-18(23)29/h3-8,13-17,23,28H,9-12,33H2,1-2H3,(H,37,40);2,4-6,8,12-15,21,26H,3,9-11,32-33H2,1H3,(H,35,37)/t16-,17+,23+,28-;14-,15+,21+,26-/m00/s1. The van der Waals surface area contributed by atoms with Gasteiger partial charge in [-0.2, -0.15) is 5.26 Å². The number of methoxy groups -OCH3 is 1. The fraction of sp³-hybridized carbons (Fsp3) is 0.339. The van der Waals surface area contributed by atoms with Gasteiger partial charge in [-0.05, 0) is 96.9 Å². The Morgan fingerprint density at radius 2 is 1.32 bits per heavy atom. The van der Waals surface area contributed by atoms with E-state index in [0.717, 1.165) is 66.1 Å². The molecule has 5 heterocycles. The van der Waals surface area contributed by atoms with Crippen LogP contribution in [0.15, 0.2) is 97.8 Å². The Morgan fingerprint density at radius 1 is 0.713 bits per heavy atom. The summed E-state index contributed by atoms with van der Waals surface area (Å²) in [5.74, 6) is -7.64. The van der Waals surface area contributed by atoms with E-state index in [1.807, 2.05) is 13.0 Å². The van der Waals surface area contributed by atoms with Crippen LogP contribution in [0.5, 0.6) is 5.75 Å². The van der Waals surface area contributed by atoms with Crippen molar-refractivity contribution < 1.29 is 50.1 Å². The molecule has 0 spiro atoms. The number of nitrogens with one attached hydrogen (secondary N) is 2. The van der Waals surface area contributed by atoms with Gasteiger partial charge in [-0.25, -0.2) is 41.0 Å². The number of nitriles is 1. The minimum atomic E-state index is -1.09. The van der Waals surface area contributed by atoms with Crippen LogP contribution < -0.4 is 32.6 Å². The van der Waals surface area contributed by atoms with Gasteiger partial charge >= 0.3 is 0 Å². The lowest BCUT2D eigenvalue weighted by molar-refractivity contribution is -0.0198. The third-order valence-corrected chi connectivity index (χ3v) is 14.1. The first-order chi connectivity index (χ1) is 38.5. The van der Waals surface area contributed by atoms with Crippen LogP contribution in [0.25, 0.3) is 22.5 Å². The van der Waals surface area contributed by atoms with Crippen LogP contribution in [-0.2, 0) is 9.47 Å². The number of nitrogens with two attached hydrogens (primary N) is 3. The minimum absolute atomic E-state index is 0.0117. The average molecular weight is 1110 g/mol. The Morgan fingerprint density at radius 3 is 1.93 bits per heavy atom. The van der Waals surface area contributed by atoms with Crippen LogP contribution in [0.4, 0.5) is 43.4 Å². The fourth-order valence-corrected chi connectivity index (χ4v) is 10.5. The van der Waals surface area contributed by atoms with Gasteiger partial charge < -0.3 is 42.0 Å². The average Bonchev–Trinajstić information content (AvgIpc) is 3.98. The summed E-state index contributed by atoms with van der Waals surface area (Å²) in [5, 5.41) is 22.3. The molecular weight excluding hydrogens is 1050 g/mol. The Labute approximate surface area is 456 Å². The quantitative estimate of drug-likeness (QED) is 0.0446. The number of anilines is 3. The van der Waals surface area contributed by atoms with Gasteiger partial charge in [0.05, 0.1) is 84.6 Å². The van der Waals surface area contributed by atoms with E-state index in [1.165, 1.54) is 19.5 Å². The molecule has 0 aliphatic heterocycles. The molecule has 2 aromatic carbocycles. The van der Waals surface area contributed by atoms with Crippen molar-refractivity contribution in [3.8, 4) is 34.3 Å². The molecule has 18 nitrogen and oxygen atoms in total. The second-order valence-electron chi connectivity index (χ2n) is 19.6. The van der Waals surface area contributed by atoms with Crippen LogP contribution in [0.1, 0.15) is 95.9 Å². The van der Waals surface area contributed by atoms with Gasteiger partial charge in [0.2, 0.25) is 0 Å². The number of carbonyl (C=O) groups is 2. The van der Waals surface area contributed by atoms with Crippen molar-refractivity contribution in [3.63, 3.8) is 0 Å². The van der Waals surface area contributed by atoms with E-state index in [2.05, 4.69) is 53.9 Å². The molecule has 0 saturated heterocycles. The summed E-state index contributed by atoms with van der Waals surface area (Å²) in [7, 11) is 1.46. The molecular formula is C56H57F6N13O5. The molecule has 0 unspecified atom stereocenters. The van der Waals surface area contributed by atoms with E-state index in [4.69, 9.17) is 36.7 Å². The largest absolute Gasteiger partial charge is 0.491 e. The van der Waals surface area contributed by atoms with Crippen LogP contribution in [-0.4, -0.2) is 91.9 Å². The summed E-state index contributed by atoms with van der Waals surface area (Å²) < 4.78 is 106. The second-order valence-corrected chi connectivity index (χ2v) is 19.6. The number of aromatic nitrogens is 7. The lowest BCUT2D eigenvalue weighted by atomic mass is 9.73. The Kier molecular flexibility index (Phi) is 18.8. The van der Waals surface area contributed by atoms with Crippen molar-refractivity contribution in [1.29, 1.82) is 5.26 Å². The van der Waals surface area contributed by atoms with Gasteiger partial charge in [-0.1, -0.05) is 25.1 Å². The fourth-order valence-electron chi connectivity index (χ4n) is 10.5. The lowest BCUT2D eigenvalue weighted by Crippen LogP contribution is -2.46. The van der Waals surface area contributed by atoms with Crippen molar-refractivity contribution in [1.82, 2.24) is 34.9 Å². The maximum atomic E-state index is 14.9. The summed E-state index contributed by atoms with van der Waals surface area (Å²) in [4.78, 5) is 42.6. The molecule has 9 rings (SSSR count). The normalized spacial score (nSPS) is 20.7. The Hall–Kier alpha value is -8.37. The first-order valence-electron chi connectivity index (χ1n) is 25.5. The van der Waals surface area contributed by atoms with Gasteiger partial charge in [0.1, 0.15) is 58.5 Å². The number of halogens is 6. The smallest absolute Gasteiger partial charge is 0.276 e. The predicted molar refractivity (Wildman–Crippen MR) is 283 cm³/mol. The molecule has 80 heavy (non-hydrogen) atoms. The molecule has 418 valence electrons. The molecule has 0 radical (unpaired) electrons. The molecule has 5 aromatic heterocycles. The number of pyridine rings is 4. The summed E-state index contributed by atoms with van der Waals surface area (Å²) in [6.45, 7) is 4.72. The lowest BCUT2D eigenvalue weighted by Gasteiger charge is -2.39. The number of hydrogen-bond acceptors (Lipinski definition) is 15. The molecule has 2 saturated carbocycles. The van der Waals surface area contributed by atoms with E-state index in [9.17, 15) is 35.9 Å². The molecule has 2 fully saturated rings. The first-order valence-corrected chi connectivity index (χ1v) is 25.5. The van der Waals surface area contributed by atoms with E-state index >= 15 is 0 Å². The highest BCUT2D eigenvalue weighted by atomic mass is 19.2. The second kappa shape index (κ2) is 26.1. The number of ether oxygens (including phenoxy) is 3. The zero-order valence-corrected chi connectivity index (χ0v) is 43.6. The molecule has 8 N–H and O–H groups in total. The van der Waals surface area contributed by atoms with Crippen LogP contribution in [0.3, 0.4) is 0 Å². The summed E-state index contributed by atoms with van der Waals surface area (Å²) in [5.41, 5.74) is 17.7. The third-order valence-electron chi connectivity index (χ3n) is 14.1. The minimum Gasteiger partial charge on any atom is -0.491 e. The number of nitrogens with zero attached hydrogens (tertiary/aromatic N) is 8. The summed E-state index contributed by atoms with van der Waals surface area (Å²) >= 11 is 0. The SMILES string of the molecule is COCCOc1cc(F)c(-c2nc(C(=O)Nc3cnccc3[C@H]3C[C@@H](N)[C@@H](n4ccnn4)[C@@H](C)C3)ccc2F)c(F)c1.C[C@H]1C[C@@H](c2ccncc2NC(=O)c2nc(-c3c(F)cccc3F)c(F)cc2N)C[C@@H](N)[C@H]1OCCC#N. The van der Waals surface area contributed by atoms with E-state index in [-0.39, 0.29) is 84.7 Å². The molecule has 8 atom stereocenters. The highest BCUT2D eigenvalue weighted by molar-refractivity contribution is 6.07. The number of benzene rings is 2. The number of hydrogen-bond donors (Lipinski definition) is 5. The predicted octanol–water partition coefficient (Wildman–Crippen LogP) is 9.05. The monoisotopic (exact) mass is 1110 g/mol. The molecule has 7 aromatic rings. The number of amides is 2. The summed E-state index contributed by atoms with van der Waals surface area (Å²) in [6, 6.07) is 12.9. The van der Waals surface area contributed by atoms with Crippen molar-refractivity contribution in [3.05, 3.63) is 155 Å². The molecule has 2 amide bonds. The van der Waals surface area contributed by atoms with Gasteiger partial charge in [-0.3, -0.25) is 19.6 Å². The maximum Gasteiger partial charge on any atom is 0.276 e. The highest BCUT2D eigenvalue weighted by Crippen LogP contribution is 2.44. The summed E-state index contributed by atoms with van der Waals surface area (Å²) in [6.07, 6.45) is 12.4. The molecule has 2 aliphatic carbocycles. The van der Waals surface area contributed by atoms with Crippen molar-refractivity contribution in [2.24, 2.45) is 23.3 Å². The molecule has 2 aliphatic rings.